The molecule has 1 N–H and O–H groups in total. The summed E-state index contributed by atoms with van der Waals surface area (Å²) in [6.45, 7) is 1.39. The van der Waals surface area contributed by atoms with Gasteiger partial charge in [0, 0.05) is 10.2 Å². The molecule has 110 valence electrons. The first-order valence-corrected chi connectivity index (χ1v) is 8.60. The summed E-state index contributed by atoms with van der Waals surface area (Å²) in [6, 6.07) is 14.9. The third-order valence-electron chi connectivity index (χ3n) is 3.02. The second kappa shape index (κ2) is 6.41. The lowest BCUT2D eigenvalue weighted by Gasteiger charge is -2.13. The fourth-order valence-electron chi connectivity index (χ4n) is 1.73. The zero-order chi connectivity index (χ0) is 15.5. The highest BCUT2D eigenvalue weighted by atomic mass is 79.9. The molecule has 21 heavy (non-hydrogen) atoms. The molecule has 0 spiro atoms. The normalized spacial score (nSPS) is 12.7. The van der Waals surface area contributed by atoms with Gasteiger partial charge in [0.05, 0.1) is 4.90 Å². The Morgan fingerprint density at radius 3 is 2.19 bits per heavy atom. The predicted molar refractivity (Wildman–Crippen MR) is 85.9 cm³/mol. The number of halogens is 1. The Bertz CT molecular complexity index is 727. The third-order valence-corrected chi connectivity index (χ3v) is 5.62. The van der Waals surface area contributed by atoms with Crippen LogP contribution >= 0.6 is 15.9 Å². The summed E-state index contributed by atoms with van der Waals surface area (Å²) >= 11 is 3.29. The van der Waals surface area contributed by atoms with Gasteiger partial charge in [-0.05, 0) is 43.3 Å². The van der Waals surface area contributed by atoms with E-state index in [9.17, 15) is 13.2 Å². The quantitative estimate of drug-likeness (QED) is 0.901. The summed E-state index contributed by atoms with van der Waals surface area (Å²) in [5, 5.41) is 1.44. The lowest BCUT2D eigenvalue weighted by molar-refractivity contribution is -0.115. The first kappa shape index (κ1) is 15.7. The van der Waals surface area contributed by atoms with Gasteiger partial charge in [0.25, 0.3) is 0 Å². The number of benzene rings is 2. The van der Waals surface area contributed by atoms with Gasteiger partial charge in [-0.1, -0.05) is 34.1 Å². The van der Waals surface area contributed by atoms with Crippen LogP contribution in [0.1, 0.15) is 6.92 Å². The molecule has 2 rings (SSSR count). The van der Waals surface area contributed by atoms with E-state index in [1.165, 1.54) is 19.1 Å². The maximum atomic E-state index is 12.3. The molecule has 1 amide bonds. The Morgan fingerprint density at radius 2 is 1.62 bits per heavy atom. The van der Waals surface area contributed by atoms with Crippen LogP contribution in [0.15, 0.2) is 64.0 Å². The van der Waals surface area contributed by atoms with Crippen molar-refractivity contribution in [2.45, 2.75) is 17.1 Å². The topological polar surface area (TPSA) is 63.2 Å². The number of hydrogen-bond acceptors (Lipinski definition) is 3. The summed E-state index contributed by atoms with van der Waals surface area (Å²) < 4.78 is 25.6. The number of carbonyl (C=O) groups excluding carboxylic acids is 1. The van der Waals surface area contributed by atoms with Crippen LogP contribution in [0.3, 0.4) is 0 Å². The average Bonchev–Trinajstić information content (AvgIpc) is 2.49. The average molecular weight is 368 g/mol. The van der Waals surface area contributed by atoms with Crippen LogP contribution < -0.4 is 5.32 Å². The van der Waals surface area contributed by atoms with Crippen LogP contribution in [0.5, 0.6) is 0 Å². The molecule has 0 aliphatic carbocycles. The standard InChI is InChI=1S/C15H14BrNO3S/c1-11(21(19,20)14-5-3-2-4-6-14)15(18)17-13-9-7-12(16)8-10-13/h2-11H,1H3,(H,17,18). The minimum Gasteiger partial charge on any atom is -0.325 e. The maximum absolute atomic E-state index is 12.3. The molecule has 0 saturated carbocycles. The molecule has 0 radical (unpaired) electrons. The molecular formula is C15H14BrNO3S. The van der Waals surface area contributed by atoms with E-state index in [2.05, 4.69) is 21.2 Å². The summed E-state index contributed by atoms with van der Waals surface area (Å²) in [5.74, 6) is -0.554. The lowest BCUT2D eigenvalue weighted by atomic mass is 10.3. The molecule has 0 bridgehead atoms. The van der Waals surface area contributed by atoms with E-state index in [1.54, 1.807) is 42.5 Å². The van der Waals surface area contributed by atoms with Crippen molar-refractivity contribution in [3.05, 3.63) is 59.1 Å². The van der Waals surface area contributed by atoms with Gasteiger partial charge in [-0.2, -0.15) is 0 Å². The van der Waals surface area contributed by atoms with E-state index in [-0.39, 0.29) is 4.90 Å². The van der Waals surface area contributed by atoms with Crippen molar-refractivity contribution in [2.75, 3.05) is 5.32 Å². The van der Waals surface area contributed by atoms with Crippen LogP contribution in [0, 0.1) is 0 Å². The number of sulfone groups is 1. The Labute approximate surface area is 132 Å². The van der Waals surface area contributed by atoms with Crippen molar-refractivity contribution in [1.29, 1.82) is 0 Å². The number of nitrogens with one attached hydrogen (secondary N) is 1. The SMILES string of the molecule is CC(C(=O)Nc1ccc(Br)cc1)S(=O)(=O)c1ccccc1. The molecule has 1 atom stereocenters. The first-order chi connectivity index (χ1) is 9.91. The molecule has 0 aliphatic rings. The van der Waals surface area contributed by atoms with E-state index in [4.69, 9.17) is 0 Å². The highest BCUT2D eigenvalue weighted by molar-refractivity contribution is 9.10. The summed E-state index contributed by atoms with van der Waals surface area (Å²) in [7, 11) is -3.69. The van der Waals surface area contributed by atoms with Crippen molar-refractivity contribution in [2.24, 2.45) is 0 Å². The number of hydrogen-bond donors (Lipinski definition) is 1. The molecule has 0 aliphatic heterocycles. The molecule has 2 aromatic rings. The number of anilines is 1. The third kappa shape index (κ3) is 3.71. The van der Waals surface area contributed by atoms with Gasteiger partial charge in [-0.15, -0.1) is 0 Å². The maximum Gasteiger partial charge on any atom is 0.242 e. The van der Waals surface area contributed by atoms with Crippen LogP contribution in [-0.4, -0.2) is 19.6 Å². The van der Waals surface area contributed by atoms with Gasteiger partial charge in [-0.3, -0.25) is 4.79 Å². The minimum atomic E-state index is -3.69. The smallest absolute Gasteiger partial charge is 0.242 e. The van der Waals surface area contributed by atoms with E-state index in [0.29, 0.717) is 5.69 Å². The number of rotatable bonds is 4. The molecule has 0 heterocycles. The van der Waals surface area contributed by atoms with Crippen molar-refractivity contribution >= 4 is 37.4 Å². The van der Waals surface area contributed by atoms with Gasteiger partial charge in [-0.25, -0.2) is 8.42 Å². The van der Waals surface area contributed by atoms with Gasteiger partial charge in [0.2, 0.25) is 5.91 Å². The highest BCUT2D eigenvalue weighted by Crippen LogP contribution is 2.18. The van der Waals surface area contributed by atoms with Crippen molar-refractivity contribution < 1.29 is 13.2 Å². The molecule has 0 aromatic heterocycles. The van der Waals surface area contributed by atoms with E-state index >= 15 is 0 Å². The van der Waals surface area contributed by atoms with Crippen LogP contribution in [-0.2, 0) is 14.6 Å². The molecule has 4 nitrogen and oxygen atoms in total. The lowest BCUT2D eigenvalue weighted by Crippen LogP contribution is -2.32. The van der Waals surface area contributed by atoms with Crippen LogP contribution in [0.2, 0.25) is 0 Å². The van der Waals surface area contributed by atoms with Gasteiger partial charge < -0.3 is 5.32 Å². The second-order valence-corrected chi connectivity index (χ2v) is 7.68. The van der Waals surface area contributed by atoms with Crippen molar-refractivity contribution in [3.8, 4) is 0 Å². The van der Waals surface area contributed by atoms with Gasteiger partial charge in [0.15, 0.2) is 9.84 Å². The molecule has 1 unspecified atom stereocenters. The fraction of sp³-hybridized carbons (Fsp3) is 0.133. The monoisotopic (exact) mass is 367 g/mol. The zero-order valence-corrected chi connectivity index (χ0v) is 13.7. The number of amides is 1. The van der Waals surface area contributed by atoms with Crippen LogP contribution in [0.25, 0.3) is 0 Å². The molecular weight excluding hydrogens is 354 g/mol. The first-order valence-electron chi connectivity index (χ1n) is 6.26. The van der Waals surface area contributed by atoms with Crippen molar-refractivity contribution in [1.82, 2.24) is 0 Å². The number of carbonyl (C=O) groups is 1. The van der Waals surface area contributed by atoms with E-state index < -0.39 is 21.0 Å². The molecule has 0 fully saturated rings. The Hall–Kier alpha value is -1.66. The van der Waals surface area contributed by atoms with Gasteiger partial charge in [0.1, 0.15) is 5.25 Å². The highest BCUT2D eigenvalue weighted by Gasteiger charge is 2.29. The Balaban J connectivity index is 2.17. The minimum absolute atomic E-state index is 0.142. The second-order valence-electron chi connectivity index (χ2n) is 4.50. The predicted octanol–water partition coefficient (Wildman–Crippen LogP) is 3.25. The summed E-state index contributed by atoms with van der Waals surface area (Å²) in [6.07, 6.45) is 0. The Morgan fingerprint density at radius 1 is 1.05 bits per heavy atom. The molecule has 2 aromatic carbocycles. The van der Waals surface area contributed by atoms with E-state index in [1.807, 2.05) is 0 Å². The molecule has 0 saturated heterocycles. The van der Waals surface area contributed by atoms with Crippen molar-refractivity contribution in [3.63, 3.8) is 0 Å². The summed E-state index contributed by atoms with van der Waals surface area (Å²) in [4.78, 5) is 12.3. The molecule has 6 heteroatoms. The zero-order valence-electron chi connectivity index (χ0n) is 11.3. The summed E-state index contributed by atoms with van der Waals surface area (Å²) in [5.41, 5.74) is 0.554. The van der Waals surface area contributed by atoms with E-state index in [0.717, 1.165) is 4.47 Å². The Kier molecular flexibility index (Phi) is 4.80. The van der Waals surface area contributed by atoms with Gasteiger partial charge >= 0.3 is 0 Å². The largest absolute Gasteiger partial charge is 0.325 e. The van der Waals surface area contributed by atoms with Crippen LogP contribution in [0.4, 0.5) is 5.69 Å². The fourth-order valence-corrected chi connectivity index (χ4v) is 3.28.